The molecule has 136 valence electrons. The number of likely N-dealkylation sites (tertiary alicyclic amines) is 1. The zero-order valence-electron chi connectivity index (χ0n) is 15.2. The molecule has 0 aromatic carbocycles. The highest BCUT2D eigenvalue weighted by Gasteiger charge is 2.21. The molecule has 2 aromatic heterocycles. The van der Waals surface area contributed by atoms with E-state index in [4.69, 9.17) is 4.42 Å². The zero-order valence-corrected chi connectivity index (χ0v) is 15.2. The van der Waals surface area contributed by atoms with Gasteiger partial charge < -0.3 is 14.3 Å². The van der Waals surface area contributed by atoms with E-state index >= 15 is 0 Å². The Bertz CT molecular complexity index is 683. The van der Waals surface area contributed by atoms with Crippen LogP contribution >= 0.6 is 0 Å². The third-order valence-corrected chi connectivity index (χ3v) is 4.90. The number of imidazole rings is 1. The predicted molar refractivity (Wildman–Crippen MR) is 96.2 cm³/mol. The first-order valence-corrected chi connectivity index (χ1v) is 9.20. The van der Waals surface area contributed by atoms with Crippen LogP contribution in [0.4, 0.5) is 0 Å². The topological polar surface area (TPSA) is 63.3 Å². The predicted octanol–water partition coefficient (Wildman–Crippen LogP) is 2.61. The first kappa shape index (κ1) is 17.7. The van der Waals surface area contributed by atoms with Gasteiger partial charge in [-0.3, -0.25) is 9.69 Å². The fraction of sp³-hybridized carbons (Fsp3) is 0.579. The number of rotatable bonds is 7. The maximum absolute atomic E-state index is 12.1. The number of amides is 1. The van der Waals surface area contributed by atoms with Gasteiger partial charge in [0.05, 0.1) is 19.1 Å². The zero-order chi connectivity index (χ0) is 17.6. The third-order valence-electron chi connectivity index (χ3n) is 4.90. The monoisotopic (exact) mass is 344 g/mol. The van der Waals surface area contributed by atoms with E-state index in [0.29, 0.717) is 11.6 Å². The van der Waals surface area contributed by atoms with Crippen LogP contribution in [0.5, 0.6) is 0 Å². The van der Waals surface area contributed by atoms with Crippen LogP contribution in [0.25, 0.3) is 0 Å². The molecule has 0 bridgehead atoms. The summed E-state index contributed by atoms with van der Waals surface area (Å²) in [5, 5.41) is 3.04. The van der Waals surface area contributed by atoms with Gasteiger partial charge in [0.25, 0.3) is 5.91 Å². The molecule has 0 saturated carbocycles. The number of hydrogen-bond donors (Lipinski definition) is 1. The van der Waals surface area contributed by atoms with Gasteiger partial charge in [0.2, 0.25) is 0 Å². The van der Waals surface area contributed by atoms with E-state index in [1.54, 1.807) is 17.1 Å². The van der Waals surface area contributed by atoms with Crippen molar-refractivity contribution in [1.82, 2.24) is 19.8 Å². The summed E-state index contributed by atoms with van der Waals surface area (Å²) in [5.41, 5.74) is 0.609. The van der Waals surface area contributed by atoms with Crippen LogP contribution in [-0.2, 0) is 20.0 Å². The molecule has 2 aromatic rings. The molecule has 0 atom stereocenters. The molecule has 0 aliphatic carbocycles. The van der Waals surface area contributed by atoms with Crippen molar-refractivity contribution in [3.05, 3.63) is 41.9 Å². The van der Waals surface area contributed by atoms with Gasteiger partial charge >= 0.3 is 0 Å². The van der Waals surface area contributed by atoms with Crippen LogP contribution in [0.3, 0.4) is 0 Å². The molecule has 6 heteroatoms. The number of nitrogens with one attached hydrogen (secondary N) is 1. The van der Waals surface area contributed by atoms with Crippen molar-refractivity contribution in [2.45, 2.75) is 39.2 Å². The van der Waals surface area contributed by atoms with Crippen LogP contribution in [0.2, 0.25) is 0 Å². The normalized spacial score (nSPS) is 16.2. The summed E-state index contributed by atoms with van der Waals surface area (Å²) in [6.45, 7) is 5.89. The van der Waals surface area contributed by atoms with E-state index in [0.717, 1.165) is 63.4 Å². The summed E-state index contributed by atoms with van der Waals surface area (Å²) in [7, 11) is 1.83. The molecule has 1 N–H and O–H groups in total. The average Bonchev–Trinajstić information content (AvgIpc) is 3.23. The lowest BCUT2D eigenvalue weighted by molar-refractivity contribution is 0.0926. The summed E-state index contributed by atoms with van der Waals surface area (Å²) < 4.78 is 7.62. The Morgan fingerprint density at radius 1 is 1.32 bits per heavy atom. The van der Waals surface area contributed by atoms with Gasteiger partial charge in [-0.2, -0.15) is 0 Å². The molecule has 0 radical (unpaired) electrons. The summed E-state index contributed by atoms with van der Waals surface area (Å²) in [4.78, 5) is 18.6. The second kappa shape index (κ2) is 8.34. The maximum atomic E-state index is 12.1. The van der Waals surface area contributed by atoms with Crippen LogP contribution in [0.1, 0.15) is 48.2 Å². The van der Waals surface area contributed by atoms with Gasteiger partial charge in [-0.05, 0) is 50.4 Å². The lowest BCUT2D eigenvalue weighted by Crippen LogP contribution is -2.38. The average molecular weight is 344 g/mol. The minimum absolute atomic E-state index is 0.0403. The van der Waals surface area contributed by atoms with Gasteiger partial charge in [-0.1, -0.05) is 6.92 Å². The highest BCUT2D eigenvalue weighted by Crippen LogP contribution is 2.20. The highest BCUT2D eigenvalue weighted by atomic mass is 16.3. The number of piperidine rings is 1. The highest BCUT2D eigenvalue weighted by molar-refractivity contribution is 5.92. The minimum atomic E-state index is -0.0403. The van der Waals surface area contributed by atoms with Gasteiger partial charge in [0.1, 0.15) is 17.2 Å². The number of hydrogen-bond acceptors (Lipinski definition) is 4. The molecule has 3 heterocycles. The van der Waals surface area contributed by atoms with Gasteiger partial charge in [0.15, 0.2) is 0 Å². The van der Waals surface area contributed by atoms with Crippen LogP contribution in [0, 0.1) is 5.92 Å². The van der Waals surface area contributed by atoms with Crippen molar-refractivity contribution in [1.29, 1.82) is 0 Å². The summed E-state index contributed by atoms with van der Waals surface area (Å²) >= 11 is 0. The van der Waals surface area contributed by atoms with Crippen molar-refractivity contribution < 1.29 is 9.21 Å². The van der Waals surface area contributed by atoms with Crippen molar-refractivity contribution in [2.75, 3.05) is 19.6 Å². The van der Waals surface area contributed by atoms with Gasteiger partial charge in [-0.15, -0.1) is 0 Å². The van der Waals surface area contributed by atoms with E-state index in [1.807, 2.05) is 7.05 Å². The molecule has 1 amide bonds. The van der Waals surface area contributed by atoms with Crippen molar-refractivity contribution in [3.63, 3.8) is 0 Å². The molecule has 3 rings (SSSR count). The van der Waals surface area contributed by atoms with Crippen molar-refractivity contribution in [3.8, 4) is 0 Å². The molecule has 0 spiro atoms. The number of carbonyl (C=O) groups is 1. The van der Waals surface area contributed by atoms with Gasteiger partial charge in [0, 0.05) is 20.0 Å². The van der Waals surface area contributed by atoms with Crippen molar-refractivity contribution in [2.24, 2.45) is 13.0 Å². The van der Waals surface area contributed by atoms with E-state index in [-0.39, 0.29) is 5.91 Å². The van der Waals surface area contributed by atoms with Crippen molar-refractivity contribution >= 4 is 5.91 Å². The Balaban J connectivity index is 1.39. The Morgan fingerprint density at radius 2 is 2.08 bits per heavy atom. The lowest BCUT2D eigenvalue weighted by Gasteiger charge is -2.31. The fourth-order valence-electron chi connectivity index (χ4n) is 3.36. The standard InChI is InChI=1S/C19H28N4O2/c1-3-4-16-5-6-17(25-16)13-23-9-7-15(8-10-23)11-21-19(24)18-12-20-14-22(18)2/h5-6,12,14-15H,3-4,7-11,13H2,1-2H3,(H,21,24). The number of aromatic nitrogens is 2. The molecular weight excluding hydrogens is 316 g/mol. The Morgan fingerprint density at radius 3 is 2.76 bits per heavy atom. The first-order valence-electron chi connectivity index (χ1n) is 9.20. The molecule has 1 fully saturated rings. The van der Waals surface area contributed by atoms with Crippen LogP contribution in [0.15, 0.2) is 29.1 Å². The van der Waals surface area contributed by atoms with Crippen LogP contribution < -0.4 is 5.32 Å². The number of carbonyl (C=O) groups excluding carboxylic acids is 1. The molecule has 1 saturated heterocycles. The molecule has 1 aliphatic rings. The van der Waals surface area contributed by atoms with Gasteiger partial charge in [-0.25, -0.2) is 4.98 Å². The second-order valence-corrected chi connectivity index (χ2v) is 6.94. The molecule has 0 unspecified atom stereocenters. The Labute approximate surface area is 149 Å². The third kappa shape index (κ3) is 4.72. The molecular formula is C19H28N4O2. The van der Waals surface area contributed by atoms with E-state index in [1.165, 1.54) is 0 Å². The fourth-order valence-corrected chi connectivity index (χ4v) is 3.36. The minimum Gasteiger partial charge on any atom is -0.465 e. The smallest absolute Gasteiger partial charge is 0.269 e. The molecule has 6 nitrogen and oxygen atoms in total. The van der Waals surface area contributed by atoms with E-state index < -0.39 is 0 Å². The summed E-state index contributed by atoms with van der Waals surface area (Å²) in [6.07, 6.45) is 7.59. The van der Waals surface area contributed by atoms with E-state index in [9.17, 15) is 4.79 Å². The Kier molecular flexibility index (Phi) is 5.91. The lowest BCUT2D eigenvalue weighted by atomic mass is 9.96. The largest absolute Gasteiger partial charge is 0.465 e. The SMILES string of the molecule is CCCc1ccc(CN2CCC(CNC(=O)c3cncn3C)CC2)o1. The summed E-state index contributed by atoms with van der Waals surface area (Å²) in [6, 6.07) is 4.20. The van der Waals surface area contributed by atoms with E-state index in [2.05, 4.69) is 34.3 Å². The number of nitrogens with zero attached hydrogens (tertiary/aromatic N) is 3. The second-order valence-electron chi connectivity index (χ2n) is 6.94. The summed E-state index contributed by atoms with van der Waals surface area (Å²) in [5.74, 6) is 2.65. The maximum Gasteiger partial charge on any atom is 0.269 e. The first-order chi connectivity index (χ1) is 12.2. The Hall–Kier alpha value is -2.08. The quantitative estimate of drug-likeness (QED) is 0.839. The molecule has 1 aliphatic heterocycles. The number of furan rings is 1. The number of aryl methyl sites for hydroxylation is 2. The van der Waals surface area contributed by atoms with Crippen LogP contribution in [-0.4, -0.2) is 40.0 Å². The molecule has 25 heavy (non-hydrogen) atoms.